The van der Waals surface area contributed by atoms with Gasteiger partial charge in [-0.2, -0.15) is 0 Å². The van der Waals surface area contributed by atoms with Gasteiger partial charge in [0.2, 0.25) is 0 Å². The van der Waals surface area contributed by atoms with Gasteiger partial charge < -0.3 is 9.84 Å². The van der Waals surface area contributed by atoms with Crippen molar-refractivity contribution >= 4 is 5.97 Å². The van der Waals surface area contributed by atoms with E-state index in [1.54, 1.807) is 12.1 Å². The molecule has 0 aromatic heterocycles. The molecule has 0 fully saturated rings. The minimum atomic E-state index is -0.884. The summed E-state index contributed by atoms with van der Waals surface area (Å²) in [6, 6.07) is 13.5. The molecule has 1 atom stereocenters. The quantitative estimate of drug-likeness (QED) is 0.813. The number of carbonyl (C=O) groups is 1. The Kier molecular flexibility index (Phi) is 5.74. The van der Waals surface area contributed by atoms with Crippen molar-refractivity contribution in [3.8, 4) is 5.75 Å². The van der Waals surface area contributed by atoms with Gasteiger partial charge in [-0.3, -0.25) is 4.79 Å². The van der Waals surface area contributed by atoms with Crippen molar-refractivity contribution < 1.29 is 19.0 Å². The van der Waals surface area contributed by atoms with Crippen molar-refractivity contribution in [2.75, 3.05) is 6.61 Å². The van der Waals surface area contributed by atoms with Gasteiger partial charge in [0.25, 0.3) is 0 Å². The summed E-state index contributed by atoms with van der Waals surface area (Å²) >= 11 is 0. The lowest BCUT2D eigenvalue weighted by molar-refractivity contribution is -0.139. The Morgan fingerprint density at radius 3 is 2.35 bits per heavy atom. The fourth-order valence-electron chi connectivity index (χ4n) is 2.40. The van der Waals surface area contributed by atoms with E-state index in [4.69, 9.17) is 4.74 Å². The van der Waals surface area contributed by atoms with E-state index in [0.717, 1.165) is 5.56 Å². The average Bonchev–Trinajstić information content (AvgIpc) is 2.51. The van der Waals surface area contributed by atoms with Gasteiger partial charge in [0.05, 0.1) is 12.5 Å². The van der Waals surface area contributed by atoms with Crippen molar-refractivity contribution in [3.05, 3.63) is 65.5 Å². The molecule has 0 saturated heterocycles. The fourth-order valence-corrected chi connectivity index (χ4v) is 2.40. The average molecular weight is 316 g/mol. The second kappa shape index (κ2) is 7.77. The van der Waals surface area contributed by atoms with E-state index in [0.29, 0.717) is 18.1 Å². The molecule has 23 heavy (non-hydrogen) atoms. The van der Waals surface area contributed by atoms with Crippen molar-refractivity contribution in [3.63, 3.8) is 0 Å². The summed E-state index contributed by atoms with van der Waals surface area (Å²) in [5.41, 5.74) is 1.93. The predicted octanol–water partition coefficient (Wildman–Crippen LogP) is 4.59. The van der Waals surface area contributed by atoms with Crippen LogP contribution in [0.4, 0.5) is 4.39 Å². The van der Waals surface area contributed by atoms with Gasteiger partial charge in [-0.1, -0.05) is 44.2 Å². The molecule has 1 N–H and O–H groups in total. The molecule has 2 aromatic carbocycles. The first kappa shape index (κ1) is 17.0. The zero-order chi connectivity index (χ0) is 16.8. The summed E-state index contributed by atoms with van der Waals surface area (Å²) in [5.74, 6) is -1.08. The molecule has 0 spiro atoms. The third-order valence-electron chi connectivity index (χ3n) is 3.77. The van der Waals surface area contributed by atoms with Crippen LogP contribution in [0.3, 0.4) is 0 Å². The van der Waals surface area contributed by atoms with E-state index in [1.165, 1.54) is 17.7 Å². The second-order valence-corrected chi connectivity index (χ2v) is 5.81. The summed E-state index contributed by atoms with van der Waals surface area (Å²) < 4.78 is 18.5. The van der Waals surface area contributed by atoms with Crippen molar-refractivity contribution in [2.24, 2.45) is 0 Å². The Labute approximate surface area is 135 Å². The molecule has 4 heteroatoms. The molecule has 0 heterocycles. The van der Waals surface area contributed by atoms with Crippen LogP contribution in [0, 0.1) is 5.82 Å². The Balaban J connectivity index is 2.00. The Morgan fingerprint density at radius 2 is 1.78 bits per heavy atom. The summed E-state index contributed by atoms with van der Waals surface area (Å²) in [6.07, 6.45) is 0.326. The molecule has 0 radical (unpaired) electrons. The van der Waals surface area contributed by atoms with Crippen LogP contribution in [-0.2, 0) is 4.79 Å². The van der Waals surface area contributed by atoms with Gasteiger partial charge in [-0.15, -0.1) is 0 Å². The van der Waals surface area contributed by atoms with Gasteiger partial charge in [-0.25, -0.2) is 4.39 Å². The van der Waals surface area contributed by atoms with Crippen molar-refractivity contribution in [1.82, 2.24) is 0 Å². The second-order valence-electron chi connectivity index (χ2n) is 5.81. The Hall–Kier alpha value is -2.36. The molecule has 2 aromatic rings. The number of halogens is 1. The molecule has 0 aliphatic rings. The minimum absolute atomic E-state index is 0.215. The highest BCUT2D eigenvalue weighted by Gasteiger charge is 2.20. The Bertz CT molecular complexity index is 650. The van der Waals surface area contributed by atoms with E-state index in [2.05, 4.69) is 13.8 Å². The van der Waals surface area contributed by atoms with E-state index in [1.807, 2.05) is 24.3 Å². The first-order chi connectivity index (χ1) is 11.0. The maximum atomic E-state index is 13.1. The van der Waals surface area contributed by atoms with E-state index < -0.39 is 11.9 Å². The molecule has 2 rings (SSSR count). The van der Waals surface area contributed by atoms with Crippen molar-refractivity contribution in [2.45, 2.75) is 32.1 Å². The maximum absolute atomic E-state index is 13.1. The number of rotatable bonds is 7. The number of aliphatic carboxylic acids is 1. The number of carboxylic acids is 1. The summed E-state index contributed by atoms with van der Waals surface area (Å²) in [4.78, 5) is 11.5. The van der Waals surface area contributed by atoms with Crippen LogP contribution in [0.15, 0.2) is 48.5 Å². The third-order valence-corrected chi connectivity index (χ3v) is 3.77. The zero-order valence-corrected chi connectivity index (χ0v) is 13.3. The minimum Gasteiger partial charge on any atom is -0.493 e. The van der Waals surface area contributed by atoms with Crippen LogP contribution in [0.2, 0.25) is 0 Å². The zero-order valence-electron chi connectivity index (χ0n) is 13.3. The van der Waals surface area contributed by atoms with Crippen LogP contribution < -0.4 is 4.74 Å². The number of carboxylic acid groups (broad SMARTS) is 1. The number of benzene rings is 2. The van der Waals surface area contributed by atoms with Gasteiger partial charge >= 0.3 is 5.97 Å². The predicted molar refractivity (Wildman–Crippen MR) is 87.4 cm³/mol. The Morgan fingerprint density at radius 1 is 1.13 bits per heavy atom. The highest BCUT2D eigenvalue weighted by molar-refractivity contribution is 5.76. The molecule has 1 unspecified atom stereocenters. The molecular weight excluding hydrogens is 295 g/mol. The largest absolute Gasteiger partial charge is 0.493 e. The molecular formula is C19H21FO3. The van der Waals surface area contributed by atoms with Crippen LogP contribution >= 0.6 is 0 Å². The lowest BCUT2D eigenvalue weighted by atomic mass is 9.93. The normalized spacial score (nSPS) is 12.2. The SMILES string of the molecule is CC(C)c1ccc(C(CCOc2cccc(F)c2)C(=O)O)cc1. The molecule has 0 aliphatic heterocycles. The number of hydrogen-bond donors (Lipinski definition) is 1. The monoisotopic (exact) mass is 316 g/mol. The van der Waals surface area contributed by atoms with Crippen LogP contribution in [0.1, 0.15) is 43.2 Å². The van der Waals surface area contributed by atoms with E-state index in [9.17, 15) is 14.3 Å². The lowest BCUT2D eigenvalue weighted by Gasteiger charge is -2.15. The number of ether oxygens (including phenoxy) is 1. The third kappa shape index (κ3) is 4.81. The summed E-state index contributed by atoms with van der Waals surface area (Å²) in [6.45, 7) is 4.40. The first-order valence-electron chi connectivity index (χ1n) is 7.68. The molecule has 0 bridgehead atoms. The highest BCUT2D eigenvalue weighted by atomic mass is 19.1. The molecule has 0 aliphatic carbocycles. The van der Waals surface area contributed by atoms with Crippen molar-refractivity contribution in [1.29, 1.82) is 0 Å². The number of hydrogen-bond acceptors (Lipinski definition) is 2. The van der Waals surface area contributed by atoms with Crippen LogP contribution in [0.5, 0.6) is 5.75 Å². The van der Waals surface area contributed by atoms with E-state index in [-0.39, 0.29) is 12.4 Å². The van der Waals surface area contributed by atoms with E-state index >= 15 is 0 Å². The van der Waals surface area contributed by atoms with Crippen LogP contribution in [-0.4, -0.2) is 17.7 Å². The molecule has 0 amide bonds. The topological polar surface area (TPSA) is 46.5 Å². The maximum Gasteiger partial charge on any atom is 0.311 e. The molecule has 0 saturated carbocycles. The summed E-state index contributed by atoms with van der Waals surface area (Å²) in [5, 5.41) is 9.43. The van der Waals surface area contributed by atoms with Gasteiger partial charge in [-0.05, 0) is 35.6 Å². The first-order valence-corrected chi connectivity index (χ1v) is 7.68. The standard InChI is InChI=1S/C19H21FO3/c1-13(2)14-6-8-15(9-7-14)18(19(21)22)10-11-23-17-5-3-4-16(20)12-17/h3-9,12-13,18H,10-11H2,1-2H3,(H,21,22). The highest BCUT2D eigenvalue weighted by Crippen LogP contribution is 2.23. The van der Waals surface area contributed by atoms with Crippen LogP contribution in [0.25, 0.3) is 0 Å². The molecule has 122 valence electrons. The van der Waals surface area contributed by atoms with Gasteiger partial charge in [0.1, 0.15) is 11.6 Å². The summed E-state index contributed by atoms with van der Waals surface area (Å²) in [7, 11) is 0. The van der Waals surface area contributed by atoms with Gasteiger partial charge in [0, 0.05) is 6.07 Å². The fraction of sp³-hybridized carbons (Fsp3) is 0.316. The van der Waals surface area contributed by atoms with Gasteiger partial charge in [0.15, 0.2) is 0 Å². The lowest BCUT2D eigenvalue weighted by Crippen LogP contribution is -2.15. The smallest absolute Gasteiger partial charge is 0.311 e. The molecule has 3 nitrogen and oxygen atoms in total.